The zero-order valence-electron chi connectivity index (χ0n) is 9.04. The van der Waals surface area contributed by atoms with Gasteiger partial charge in [0.15, 0.2) is 0 Å². The molecule has 2 nitrogen and oxygen atoms in total. The summed E-state index contributed by atoms with van der Waals surface area (Å²) >= 11 is 9.71. The standard InChI is InChI=1S/C7H4ClNS.C5H11N/c8-6-3-5(4-9)1-2-7(6)10;1-2-4-6-5-3-1/h1-3,10H;6H,1-5H2. The molecule has 1 saturated heterocycles. The fourth-order valence-electron chi connectivity index (χ4n) is 1.38. The van der Waals surface area contributed by atoms with Crippen LogP contribution < -0.4 is 5.32 Å². The van der Waals surface area contributed by atoms with E-state index in [0.717, 1.165) is 0 Å². The maximum atomic E-state index is 8.42. The molecule has 1 aliphatic heterocycles. The maximum absolute atomic E-state index is 8.42. The van der Waals surface area contributed by atoms with Crippen molar-refractivity contribution in [2.24, 2.45) is 0 Å². The molecule has 0 bridgehead atoms. The van der Waals surface area contributed by atoms with Crippen LogP contribution in [0.15, 0.2) is 23.1 Å². The van der Waals surface area contributed by atoms with Gasteiger partial charge in [-0.3, -0.25) is 0 Å². The molecule has 1 aromatic carbocycles. The molecule has 0 radical (unpaired) electrons. The van der Waals surface area contributed by atoms with Crippen molar-refractivity contribution in [2.45, 2.75) is 24.2 Å². The van der Waals surface area contributed by atoms with Gasteiger partial charge in [0.25, 0.3) is 0 Å². The van der Waals surface area contributed by atoms with Gasteiger partial charge < -0.3 is 5.32 Å². The topological polar surface area (TPSA) is 35.8 Å². The van der Waals surface area contributed by atoms with Crippen LogP contribution in [0.5, 0.6) is 0 Å². The van der Waals surface area contributed by atoms with Crippen molar-refractivity contribution in [3.05, 3.63) is 28.8 Å². The third-order valence-corrected chi connectivity index (χ3v) is 3.12. The predicted molar refractivity (Wildman–Crippen MR) is 70.1 cm³/mol. The Morgan fingerprint density at radius 1 is 1.25 bits per heavy atom. The summed E-state index contributed by atoms with van der Waals surface area (Å²) in [6.45, 7) is 2.50. The van der Waals surface area contributed by atoms with Gasteiger partial charge in [0.1, 0.15) is 0 Å². The maximum Gasteiger partial charge on any atom is 0.0992 e. The fourth-order valence-corrected chi connectivity index (χ4v) is 1.70. The quantitative estimate of drug-likeness (QED) is 0.697. The Labute approximate surface area is 107 Å². The number of nitriles is 1. The molecule has 0 spiro atoms. The molecule has 1 aromatic rings. The number of nitrogens with zero attached hydrogens (tertiary/aromatic N) is 1. The summed E-state index contributed by atoms with van der Waals surface area (Å²) in [6.07, 6.45) is 4.22. The first-order valence-corrected chi connectivity index (χ1v) is 6.16. The lowest BCUT2D eigenvalue weighted by atomic mass is 10.2. The van der Waals surface area contributed by atoms with E-state index < -0.39 is 0 Å². The highest BCUT2D eigenvalue weighted by molar-refractivity contribution is 7.80. The zero-order valence-corrected chi connectivity index (χ0v) is 10.7. The van der Waals surface area contributed by atoms with E-state index in [2.05, 4.69) is 17.9 Å². The second-order valence-electron chi connectivity index (χ2n) is 3.59. The van der Waals surface area contributed by atoms with Crippen LogP contribution in [0.25, 0.3) is 0 Å². The van der Waals surface area contributed by atoms with E-state index in [-0.39, 0.29) is 0 Å². The molecule has 1 fully saturated rings. The molecule has 4 heteroatoms. The van der Waals surface area contributed by atoms with Crippen LogP contribution in [0, 0.1) is 11.3 Å². The van der Waals surface area contributed by atoms with Crippen LogP contribution in [0.2, 0.25) is 5.02 Å². The highest BCUT2D eigenvalue weighted by atomic mass is 35.5. The second-order valence-corrected chi connectivity index (χ2v) is 4.48. The van der Waals surface area contributed by atoms with Gasteiger partial charge in [0.2, 0.25) is 0 Å². The van der Waals surface area contributed by atoms with Crippen molar-refractivity contribution in [3.8, 4) is 6.07 Å². The average Bonchev–Trinajstić information content (AvgIpc) is 2.36. The average molecular weight is 255 g/mol. The summed E-state index contributed by atoms with van der Waals surface area (Å²) in [4.78, 5) is 0.695. The van der Waals surface area contributed by atoms with E-state index in [9.17, 15) is 0 Å². The van der Waals surface area contributed by atoms with Crippen LogP contribution in [0.4, 0.5) is 0 Å². The van der Waals surface area contributed by atoms with Gasteiger partial charge in [-0.25, -0.2) is 0 Å². The van der Waals surface area contributed by atoms with Crippen molar-refractivity contribution >= 4 is 24.2 Å². The van der Waals surface area contributed by atoms with Crippen molar-refractivity contribution in [3.63, 3.8) is 0 Å². The summed E-state index contributed by atoms with van der Waals surface area (Å²) in [5.74, 6) is 0. The van der Waals surface area contributed by atoms with E-state index in [1.165, 1.54) is 32.4 Å². The first-order chi connectivity index (χ1) is 7.74. The lowest BCUT2D eigenvalue weighted by Gasteiger charge is -2.08. The van der Waals surface area contributed by atoms with E-state index >= 15 is 0 Å². The first kappa shape index (κ1) is 13.4. The SMILES string of the molecule is C1CCNCC1.N#Cc1ccc(S)c(Cl)c1. The highest BCUT2D eigenvalue weighted by Gasteiger charge is 1.95. The van der Waals surface area contributed by atoms with E-state index in [1.54, 1.807) is 18.2 Å². The molecule has 1 N–H and O–H groups in total. The van der Waals surface area contributed by atoms with Gasteiger partial charge in [-0.15, -0.1) is 12.6 Å². The second kappa shape index (κ2) is 7.56. The van der Waals surface area contributed by atoms with Crippen molar-refractivity contribution in [1.29, 1.82) is 5.26 Å². The number of benzene rings is 1. The van der Waals surface area contributed by atoms with Gasteiger partial charge in [0.05, 0.1) is 16.7 Å². The normalized spacial score (nSPS) is 14.6. The van der Waals surface area contributed by atoms with Gasteiger partial charge >= 0.3 is 0 Å². The Kier molecular flexibility index (Phi) is 6.32. The fraction of sp³-hybridized carbons (Fsp3) is 0.417. The monoisotopic (exact) mass is 254 g/mol. The van der Waals surface area contributed by atoms with Crippen molar-refractivity contribution in [1.82, 2.24) is 5.32 Å². The number of thiol groups is 1. The minimum atomic E-state index is 0.516. The summed E-state index contributed by atoms with van der Waals surface area (Å²) in [7, 11) is 0. The van der Waals surface area contributed by atoms with Crippen LogP contribution in [0.3, 0.4) is 0 Å². The molecule has 0 amide bonds. The third-order valence-electron chi connectivity index (χ3n) is 2.28. The zero-order chi connectivity index (χ0) is 11.8. The molecule has 0 aliphatic carbocycles. The van der Waals surface area contributed by atoms with Gasteiger partial charge in [-0.1, -0.05) is 18.0 Å². The minimum absolute atomic E-state index is 0.516. The summed E-state index contributed by atoms with van der Waals surface area (Å²) in [6, 6.07) is 6.94. The Bertz CT molecular complexity index is 358. The number of halogens is 1. The Balaban J connectivity index is 0.000000181. The lowest BCUT2D eigenvalue weighted by molar-refractivity contribution is 0.520. The molecular weight excluding hydrogens is 240 g/mol. The Morgan fingerprint density at radius 2 is 1.94 bits per heavy atom. The molecular formula is C12H15ClN2S. The van der Waals surface area contributed by atoms with Gasteiger partial charge in [-0.2, -0.15) is 5.26 Å². The largest absolute Gasteiger partial charge is 0.317 e. The van der Waals surface area contributed by atoms with Gasteiger partial charge in [0, 0.05) is 4.90 Å². The Morgan fingerprint density at radius 3 is 2.31 bits per heavy atom. The molecule has 0 saturated carbocycles. The third kappa shape index (κ3) is 4.89. The molecule has 16 heavy (non-hydrogen) atoms. The van der Waals surface area contributed by atoms with Crippen LogP contribution in [0.1, 0.15) is 24.8 Å². The highest BCUT2D eigenvalue weighted by Crippen LogP contribution is 2.20. The predicted octanol–water partition coefficient (Wildman–Crippen LogP) is 3.26. The number of hydrogen-bond donors (Lipinski definition) is 2. The molecule has 1 heterocycles. The lowest BCUT2D eigenvalue weighted by Crippen LogP contribution is -2.21. The Hall–Kier alpha value is -0.690. The van der Waals surface area contributed by atoms with Gasteiger partial charge in [-0.05, 0) is 44.1 Å². The molecule has 0 atom stereocenters. The number of nitrogens with one attached hydrogen (secondary N) is 1. The number of hydrogen-bond acceptors (Lipinski definition) is 3. The molecule has 86 valence electrons. The summed E-state index contributed by atoms with van der Waals surface area (Å²) in [5.41, 5.74) is 0.558. The number of piperidine rings is 1. The number of rotatable bonds is 0. The summed E-state index contributed by atoms with van der Waals surface area (Å²) in [5, 5.41) is 12.2. The van der Waals surface area contributed by atoms with E-state index in [0.29, 0.717) is 15.5 Å². The molecule has 0 aromatic heterocycles. The van der Waals surface area contributed by atoms with E-state index in [4.69, 9.17) is 16.9 Å². The molecule has 0 unspecified atom stereocenters. The smallest absolute Gasteiger partial charge is 0.0992 e. The summed E-state index contributed by atoms with van der Waals surface area (Å²) < 4.78 is 0. The molecule has 1 aliphatic rings. The van der Waals surface area contributed by atoms with Crippen molar-refractivity contribution < 1.29 is 0 Å². The first-order valence-electron chi connectivity index (χ1n) is 5.33. The van der Waals surface area contributed by atoms with Crippen LogP contribution >= 0.6 is 24.2 Å². The van der Waals surface area contributed by atoms with E-state index in [1.807, 2.05) is 6.07 Å². The minimum Gasteiger partial charge on any atom is -0.317 e. The van der Waals surface area contributed by atoms with Crippen molar-refractivity contribution in [2.75, 3.05) is 13.1 Å². The van der Waals surface area contributed by atoms with Crippen LogP contribution in [-0.4, -0.2) is 13.1 Å². The van der Waals surface area contributed by atoms with Crippen LogP contribution in [-0.2, 0) is 0 Å². The molecule has 2 rings (SSSR count).